The van der Waals surface area contributed by atoms with Gasteiger partial charge in [-0.15, -0.1) is 10.2 Å². The van der Waals surface area contributed by atoms with Gasteiger partial charge >= 0.3 is 5.97 Å². The van der Waals surface area contributed by atoms with E-state index in [-0.39, 0.29) is 18.2 Å². The predicted molar refractivity (Wildman–Crippen MR) is 102 cm³/mol. The third-order valence-electron chi connectivity index (χ3n) is 3.91. The van der Waals surface area contributed by atoms with Crippen LogP contribution in [0.4, 0.5) is 10.9 Å². The molecule has 1 aliphatic rings. The smallest absolute Gasteiger partial charge is 0.316 e. The van der Waals surface area contributed by atoms with Crippen molar-refractivity contribution < 1.29 is 18.8 Å². The average molecular weight is 412 g/mol. The minimum atomic E-state index is -0.497. The third kappa shape index (κ3) is 6.51. The fraction of sp³-hybridized carbons (Fsp3) is 0.562. The molecule has 0 unspecified atom stereocenters. The number of aromatic nitrogens is 3. The zero-order valence-electron chi connectivity index (χ0n) is 14.9. The van der Waals surface area contributed by atoms with Gasteiger partial charge in [0.15, 0.2) is 16.8 Å². The fourth-order valence-corrected chi connectivity index (χ4v) is 4.29. The van der Waals surface area contributed by atoms with Crippen molar-refractivity contribution in [2.45, 2.75) is 49.4 Å². The number of esters is 1. The first-order chi connectivity index (χ1) is 13.1. The highest BCUT2D eigenvalue weighted by atomic mass is 32.2. The topological polar surface area (TPSA) is 119 Å². The summed E-state index contributed by atoms with van der Waals surface area (Å²) in [7, 11) is 0. The molecule has 9 nitrogen and oxygen atoms in total. The molecule has 2 N–H and O–H groups in total. The van der Waals surface area contributed by atoms with E-state index in [9.17, 15) is 9.59 Å². The van der Waals surface area contributed by atoms with Gasteiger partial charge in [-0.05, 0) is 19.8 Å². The minimum Gasteiger partial charge on any atom is -0.455 e. The molecule has 0 atom stereocenters. The summed E-state index contributed by atoms with van der Waals surface area (Å²) in [6, 6.07) is 2.03. The van der Waals surface area contributed by atoms with Gasteiger partial charge in [0.1, 0.15) is 5.76 Å². The lowest BCUT2D eigenvalue weighted by Gasteiger charge is -2.21. The Morgan fingerprint density at radius 1 is 1.33 bits per heavy atom. The van der Waals surface area contributed by atoms with Gasteiger partial charge in [0.25, 0.3) is 5.91 Å². The summed E-state index contributed by atoms with van der Waals surface area (Å²) in [5.41, 5.74) is 0. The zero-order valence-corrected chi connectivity index (χ0v) is 16.5. The summed E-state index contributed by atoms with van der Waals surface area (Å²) >= 11 is 2.66. The molecule has 2 heterocycles. The lowest BCUT2D eigenvalue weighted by molar-refractivity contribution is -0.144. The van der Waals surface area contributed by atoms with Crippen LogP contribution in [0.2, 0.25) is 0 Å². The highest BCUT2D eigenvalue weighted by molar-refractivity contribution is 8.01. The van der Waals surface area contributed by atoms with Crippen molar-refractivity contribution in [3.8, 4) is 0 Å². The summed E-state index contributed by atoms with van der Waals surface area (Å²) < 4.78 is 10.5. The molecule has 146 valence electrons. The van der Waals surface area contributed by atoms with Crippen molar-refractivity contribution in [3.05, 3.63) is 11.8 Å². The van der Waals surface area contributed by atoms with E-state index in [1.54, 1.807) is 13.0 Å². The molecule has 11 heteroatoms. The summed E-state index contributed by atoms with van der Waals surface area (Å²) in [5.74, 6) is -0.0445. The van der Waals surface area contributed by atoms with Crippen molar-refractivity contribution in [1.82, 2.24) is 15.4 Å². The molecule has 1 saturated carbocycles. The van der Waals surface area contributed by atoms with E-state index in [2.05, 4.69) is 26.0 Å². The van der Waals surface area contributed by atoms with Crippen LogP contribution in [0, 0.1) is 6.92 Å². The van der Waals surface area contributed by atoms with E-state index in [4.69, 9.17) is 9.26 Å². The van der Waals surface area contributed by atoms with E-state index in [0.717, 1.165) is 18.0 Å². The number of amides is 1. The van der Waals surface area contributed by atoms with Crippen LogP contribution in [0.25, 0.3) is 0 Å². The van der Waals surface area contributed by atoms with Crippen LogP contribution in [0.1, 0.15) is 37.9 Å². The lowest BCUT2D eigenvalue weighted by Crippen LogP contribution is -2.21. The van der Waals surface area contributed by atoms with Crippen LogP contribution >= 0.6 is 23.1 Å². The molecule has 1 fully saturated rings. The summed E-state index contributed by atoms with van der Waals surface area (Å²) in [4.78, 5) is 23.5. The molecule has 0 saturated heterocycles. The quantitative estimate of drug-likeness (QED) is 0.499. The van der Waals surface area contributed by atoms with Crippen LogP contribution in [0.3, 0.4) is 0 Å². The van der Waals surface area contributed by atoms with Gasteiger partial charge in [0.2, 0.25) is 5.13 Å². The SMILES string of the molecule is Cc1cc(NC(=O)COC(=O)CSc2nnc(NC3CCCCC3)s2)no1. The number of carbonyl (C=O) groups excluding carboxylic acids is 2. The first kappa shape index (κ1) is 19.6. The van der Waals surface area contributed by atoms with Crippen molar-refractivity contribution in [2.24, 2.45) is 0 Å². The van der Waals surface area contributed by atoms with E-state index in [0.29, 0.717) is 16.1 Å². The lowest BCUT2D eigenvalue weighted by atomic mass is 9.96. The van der Waals surface area contributed by atoms with Crippen molar-refractivity contribution in [3.63, 3.8) is 0 Å². The highest BCUT2D eigenvalue weighted by Crippen LogP contribution is 2.28. The Morgan fingerprint density at radius 3 is 2.89 bits per heavy atom. The van der Waals surface area contributed by atoms with Gasteiger partial charge in [-0.3, -0.25) is 9.59 Å². The standard InChI is InChI=1S/C16H21N5O4S2/c1-10-7-12(21-25-10)18-13(22)8-24-14(23)9-26-16-20-19-15(27-16)17-11-5-3-2-4-6-11/h7,11H,2-6,8-9H2,1H3,(H,17,19)(H,18,21,22). The predicted octanol–water partition coefficient (Wildman–Crippen LogP) is 2.85. The average Bonchev–Trinajstić information content (AvgIpc) is 3.28. The number of rotatable bonds is 8. The third-order valence-corrected chi connectivity index (χ3v) is 5.87. The Balaban J connectivity index is 1.34. The molecule has 27 heavy (non-hydrogen) atoms. The number of hydrogen-bond acceptors (Lipinski definition) is 10. The van der Waals surface area contributed by atoms with Crippen LogP contribution in [0.15, 0.2) is 14.9 Å². The zero-order chi connectivity index (χ0) is 19.1. The van der Waals surface area contributed by atoms with E-state index in [1.807, 2.05) is 0 Å². The number of aryl methyl sites for hydroxylation is 1. The number of nitrogens with zero attached hydrogens (tertiary/aromatic N) is 3. The van der Waals surface area contributed by atoms with E-state index in [1.165, 1.54) is 42.4 Å². The number of anilines is 2. The molecular weight excluding hydrogens is 390 g/mol. The largest absolute Gasteiger partial charge is 0.455 e. The van der Waals surface area contributed by atoms with Gasteiger partial charge in [-0.2, -0.15) is 0 Å². The summed E-state index contributed by atoms with van der Waals surface area (Å²) in [5, 5.41) is 18.5. The Labute approximate surface area is 164 Å². The summed E-state index contributed by atoms with van der Waals surface area (Å²) in [6.45, 7) is 1.33. The fourth-order valence-electron chi connectivity index (χ4n) is 2.66. The molecule has 3 rings (SSSR count). The maximum Gasteiger partial charge on any atom is 0.316 e. The van der Waals surface area contributed by atoms with Crippen molar-refractivity contribution in [2.75, 3.05) is 23.0 Å². The maximum absolute atomic E-state index is 11.8. The molecule has 1 amide bonds. The first-order valence-electron chi connectivity index (χ1n) is 8.70. The molecule has 0 bridgehead atoms. The molecule has 1 aliphatic carbocycles. The van der Waals surface area contributed by atoms with Crippen LogP contribution in [0.5, 0.6) is 0 Å². The van der Waals surface area contributed by atoms with Gasteiger partial charge in [0.05, 0.1) is 5.75 Å². The van der Waals surface area contributed by atoms with Gasteiger partial charge in [-0.25, -0.2) is 0 Å². The molecule has 0 spiro atoms. The number of hydrogen-bond donors (Lipinski definition) is 2. The van der Waals surface area contributed by atoms with Gasteiger partial charge in [-0.1, -0.05) is 47.5 Å². The second-order valence-corrected chi connectivity index (χ2v) is 8.37. The van der Waals surface area contributed by atoms with Crippen LogP contribution in [-0.4, -0.2) is 45.6 Å². The number of ether oxygens (including phenoxy) is 1. The molecule has 0 aromatic carbocycles. The van der Waals surface area contributed by atoms with Crippen LogP contribution in [-0.2, 0) is 14.3 Å². The second-order valence-electron chi connectivity index (χ2n) is 6.17. The Kier molecular flexibility index (Phi) is 7.04. The molecule has 0 aliphatic heterocycles. The first-order valence-corrected chi connectivity index (χ1v) is 10.5. The van der Waals surface area contributed by atoms with E-state index >= 15 is 0 Å². The Bertz CT molecular complexity index is 772. The maximum atomic E-state index is 11.8. The normalized spacial score (nSPS) is 14.7. The van der Waals surface area contributed by atoms with Crippen molar-refractivity contribution in [1.29, 1.82) is 0 Å². The van der Waals surface area contributed by atoms with Crippen LogP contribution < -0.4 is 10.6 Å². The van der Waals surface area contributed by atoms with Crippen molar-refractivity contribution >= 4 is 45.9 Å². The molecule has 0 radical (unpaired) electrons. The van der Waals surface area contributed by atoms with E-state index < -0.39 is 11.9 Å². The highest BCUT2D eigenvalue weighted by Gasteiger charge is 2.16. The monoisotopic (exact) mass is 411 g/mol. The number of nitrogens with one attached hydrogen (secondary N) is 2. The Hall–Kier alpha value is -2.14. The molecule has 2 aromatic heterocycles. The number of carbonyl (C=O) groups is 2. The minimum absolute atomic E-state index is 0.0639. The summed E-state index contributed by atoms with van der Waals surface area (Å²) in [6.07, 6.45) is 6.10. The second kappa shape index (κ2) is 9.70. The molecule has 2 aromatic rings. The Morgan fingerprint density at radius 2 is 2.15 bits per heavy atom. The number of thioether (sulfide) groups is 1. The van der Waals surface area contributed by atoms with Gasteiger partial charge < -0.3 is 19.9 Å². The van der Waals surface area contributed by atoms with Gasteiger partial charge in [0, 0.05) is 12.1 Å². The molecular formula is C16H21N5O4S2.